The standard InChI is InChI=1S/C25H24F2N2O3/c1-14-20(24(31)32-13-15-6-5-9-28-12-15)21(16-7-4-8-17(26)23(16)27)22-18(29-14)10-25(2,3)11-19(22)30/h4-9,12,21,29H,10-11,13H2,1-3H3. The summed E-state index contributed by atoms with van der Waals surface area (Å²) < 4.78 is 34.6. The Morgan fingerprint density at radius 3 is 2.72 bits per heavy atom. The fraction of sp³-hybridized carbons (Fsp3) is 0.320. The van der Waals surface area contributed by atoms with Crippen LogP contribution in [0.3, 0.4) is 0 Å². The molecule has 4 rings (SSSR count). The number of rotatable bonds is 4. The second-order valence-electron chi connectivity index (χ2n) is 9.01. The molecule has 1 unspecified atom stereocenters. The molecule has 0 bridgehead atoms. The maximum atomic E-state index is 14.9. The number of pyridine rings is 1. The van der Waals surface area contributed by atoms with Crippen molar-refractivity contribution in [2.45, 2.75) is 46.1 Å². The molecule has 2 aliphatic rings. The molecule has 0 amide bonds. The molecule has 1 aliphatic carbocycles. The maximum Gasteiger partial charge on any atom is 0.337 e. The number of hydrogen-bond donors (Lipinski definition) is 1. The Balaban J connectivity index is 1.78. The van der Waals surface area contributed by atoms with Gasteiger partial charge in [-0.3, -0.25) is 9.78 Å². The summed E-state index contributed by atoms with van der Waals surface area (Å²) in [6, 6.07) is 7.28. The number of carbonyl (C=O) groups is 2. The summed E-state index contributed by atoms with van der Waals surface area (Å²) in [5, 5.41) is 3.18. The van der Waals surface area contributed by atoms with Gasteiger partial charge in [0.05, 0.1) is 11.5 Å². The van der Waals surface area contributed by atoms with Gasteiger partial charge in [0.1, 0.15) is 6.61 Å². The van der Waals surface area contributed by atoms with Gasteiger partial charge in [0.2, 0.25) is 0 Å². The molecular formula is C25H24F2N2O3. The first-order valence-corrected chi connectivity index (χ1v) is 10.4. The van der Waals surface area contributed by atoms with Crippen molar-refractivity contribution in [3.8, 4) is 0 Å². The summed E-state index contributed by atoms with van der Waals surface area (Å²) in [7, 11) is 0. The molecule has 2 aromatic rings. The molecule has 1 aromatic heterocycles. The number of carbonyl (C=O) groups excluding carboxylic acids is 2. The van der Waals surface area contributed by atoms with Crippen molar-refractivity contribution in [3.05, 3.63) is 88.0 Å². The molecule has 7 heteroatoms. The van der Waals surface area contributed by atoms with E-state index in [1.807, 2.05) is 13.8 Å². The lowest BCUT2D eigenvalue weighted by Crippen LogP contribution is -2.39. The van der Waals surface area contributed by atoms with E-state index in [1.54, 1.807) is 31.5 Å². The third-order valence-electron chi connectivity index (χ3n) is 5.84. The quantitative estimate of drug-likeness (QED) is 0.701. The number of ketones is 1. The van der Waals surface area contributed by atoms with Gasteiger partial charge in [-0.1, -0.05) is 32.0 Å². The largest absolute Gasteiger partial charge is 0.457 e. The Labute approximate surface area is 185 Å². The minimum absolute atomic E-state index is 0.0330. The van der Waals surface area contributed by atoms with Crippen LogP contribution in [0.1, 0.15) is 50.7 Å². The number of nitrogens with zero attached hydrogens (tertiary/aromatic N) is 1. The smallest absolute Gasteiger partial charge is 0.337 e. The van der Waals surface area contributed by atoms with E-state index in [-0.39, 0.29) is 35.4 Å². The average Bonchev–Trinajstić information content (AvgIpc) is 2.73. The van der Waals surface area contributed by atoms with Crippen molar-refractivity contribution in [1.82, 2.24) is 10.3 Å². The van der Waals surface area contributed by atoms with Crippen molar-refractivity contribution < 1.29 is 23.1 Å². The Kier molecular flexibility index (Phi) is 5.67. The zero-order valence-corrected chi connectivity index (χ0v) is 18.2. The number of ether oxygens (including phenoxy) is 1. The monoisotopic (exact) mass is 438 g/mol. The highest BCUT2D eigenvalue weighted by Crippen LogP contribution is 2.47. The Morgan fingerprint density at radius 1 is 1.22 bits per heavy atom. The highest BCUT2D eigenvalue weighted by Gasteiger charge is 2.44. The highest BCUT2D eigenvalue weighted by molar-refractivity contribution is 6.04. The normalized spacial score (nSPS) is 20.0. The summed E-state index contributed by atoms with van der Waals surface area (Å²) in [5.41, 5.74) is 1.84. The van der Waals surface area contributed by atoms with Crippen LogP contribution >= 0.6 is 0 Å². The van der Waals surface area contributed by atoms with Crippen molar-refractivity contribution in [3.63, 3.8) is 0 Å². The van der Waals surface area contributed by atoms with E-state index in [4.69, 9.17) is 4.74 Å². The number of nitrogens with one attached hydrogen (secondary N) is 1. The van der Waals surface area contributed by atoms with Gasteiger partial charge < -0.3 is 10.1 Å². The predicted molar refractivity (Wildman–Crippen MR) is 114 cm³/mol. The van der Waals surface area contributed by atoms with Gasteiger partial charge >= 0.3 is 5.97 Å². The van der Waals surface area contributed by atoms with E-state index in [1.165, 1.54) is 12.1 Å². The number of halogens is 2. The van der Waals surface area contributed by atoms with Crippen molar-refractivity contribution in [1.29, 1.82) is 0 Å². The fourth-order valence-corrected chi connectivity index (χ4v) is 4.47. The van der Waals surface area contributed by atoms with Gasteiger partial charge in [0.15, 0.2) is 17.4 Å². The van der Waals surface area contributed by atoms with Crippen LogP contribution in [0.5, 0.6) is 0 Å². The lowest BCUT2D eigenvalue weighted by atomic mass is 9.68. The van der Waals surface area contributed by atoms with Crippen molar-refractivity contribution >= 4 is 11.8 Å². The molecule has 166 valence electrons. The second-order valence-corrected chi connectivity index (χ2v) is 9.01. The molecule has 2 heterocycles. The lowest BCUT2D eigenvalue weighted by molar-refractivity contribution is -0.140. The molecule has 1 N–H and O–H groups in total. The number of dihydropyridines is 1. The van der Waals surface area contributed by atoms with Gasteiger partial charge in [-0.2, -0.15) is 0 Å². The van der Waals surface area contributed by atoms with Gasteiger partial charge in [0, 0.05) is 46.9 Å². The molecule has 0 fully saturated rings. The predicted octanol–water partition coefficient (Wildman–Crippen LogP) is 4.71. The van der Waals surface area contributed by atoms with E-state index in [2.05, 4.69) is 10.3 Å². The first-order chi connectivity index (χ1) is 15.2. The van der Waals surface area contributed by atoms with E-state index < -0.39 is 23.5 Å². The molecule has 0 saturated carbocycles. The summed E-state index contributed by atoms with van der Waals surface area (Å²) in [6.45, 7) is 5.60. The molecule has 5 nitrogen and oxygen atoms in total. The van der Waals surface area contributed by atoms with Gasteiger partial charge in [0.25, 0.3) is 0 Å². The summed E-state index contributed by atoms with van der Waals surface area (Å²) >= 11 is 0. The van der Waals surface area contributed by atoms with Crippen molar-refractivity contribution in [2.75, 3.05) is 0 Å². The fourth-order valence-electron chi connectivity index (χ4n) is 4.47. The van der Waals surface area contributed by atoms with Crippen LogP contribution in [0, 0.1) is 17.0 Å². The summed E-state index contributed by atoms with van der Waals surface area (Å²) in [4.78, 5) is 30.4. The Bertz CT molecular complexity index is 1150. The van der Waals surface area contributed by atoms with Crippen LogP contribution in [0.4, 0.5) is 8.78 Å². The zero-order chi connectivity index (χ0) is 23.0. The van der Waals surface area contributed by atoms with Crippen LogP contribution in [0.15, 0.2) is 65.3 Å². The molecule has 0 radical (unpaired) electrons. The number of aromatic nitrogens is 1. The van der Waals surface area contributed by atoms with E-state index in [0.717, 1.165) is 6.07 Å². The first-order valence-electron chi connectivity index (χ1n) is 10.4. The van der Waals surface area contributed by atoms with Crippen molar-refractivity contribution in [2.24, 2.45) is 5.41 Å². The Hall–Kier alpha value is -3.35. The third kappa shape index (κ3) is 4.07. The van der Waals surface area contributed by atoms with Crippen LogP contribution in [0.25, 0.3) is 0 Å². The zero-order valence-electron chi connectivity index (χ0n) is 18.2. The lowest BCUT2D eigenvalue weighted by Gasteiger charge is -2.39. The van der Waals surface area contributed by atoms with Gasteiger partial charge in [-0.15, -0.1) is 0 Å². The molecule has 0 saturated heterocycles. The number of allylic oxidation sites excluding steroid dienone is 3. The summed E-state index contributed by atoms with van der Waals surface area (Å²) in [5.74, 6) is -4.05. The molecule has 1 aliphatic heterocycles. The minimum Gasteiger partial charge on any atom is -0.457 e. The number of Topliss-reactive ketones (excluding diaryl/α,β-unsaturated/α-hetero) is 1. The molecular weight excluding hydrogens is 414 g/mol. The minimum atomic E-state index is -1.07. The highest BCUT2D eigenvalue weighted by atomic mass is 19.2. The second kappa shape index (κ2) is 8.30. The summed E-state index contributed by atoms with van der Waals surface area (Å²) in [6.07, 6.45) is 3.98. The van der Waals surface area contributed by atoms with Crippen LogP contribution in [0.2, 0.25) is 0 Å². The van der Waals surface area contributed by atoms with Crippen LogP contribution in [-0.4, -0.2) is 16.7 Å². The number of esters is 1. The number of benzene rings is 1. The number of hydrogen-bond acceptors (Lipinski definition) is 5. The van der Waals surface area contributed by atoms with E-state index in [0.29, 0.717) is 29.0 Å². The van der Waals surface area contributed by atoms with Gasteiger partial charge in [-0.25, -0.2) is 13.6 Å². The topological polar surface area (TPSA) is 68.3 Å². The average molecular weight is 438 g/mol. The Morgan fingerprint density at radius 2 is 2.00 bits per heavy atom. The molecule has 0 spiro atoms. The van der Waals surface area contributed by atoms with Crippen LogP contribution in [-0.2, 0) is 20.9 Å². The molecule has 32 heavy (non-hydrogen) atoms. The van der Waals surface area contributed by atoms with E-state index >= 15 is 0 Å². The first kappa shape index (κ1) is 21.9. The van der Waals surface area contributed by atoms with E-state index in [9.17, 15) is 18.4 Å². The molecule has 1 atom stereocenters. The third-order valence-corrected chi connectivity index (χ3v) is 5.84. The molecule has 1 aromatic carbocycles. The van der Waals surface area contributed by atoms with Crippen LogP contribution < -0.4 is 5.32 Å². The van der Waals surface area contributed by atoms with Gasteiger partial charge in [-0.05, 0) is 30.9 Å². The SMILES string of the molecule is CC1=C(C(=O)OCc2cccnc2)C(c2cccc(F)c2F)C2=C(CC(C)(C)CC2=O)N1. The maximum absolute atomic E-state index is 14.9.